The summed E-state index contributed by atoms with van der Waals surface area (Å²) in [6, 6.07) is 19.5. The molecule has 0 bridgehead atoms. The molecule has 1 aromatic heterocycles. The highest BCUT2D eigenvalue weighted by Gasteiger charge is 2.14. The maximum absolute atomic E-state index is 2.56. The van der Waals surface area contributed by atoms with Crippen LogP contribution < -0.4 is 0 Å². The molecule has 0 unspecified atom stereocenters. The number of nitrogens with zero attached hydrogens (tertiary/aromatic N) is 2. The summed E-state index contributed by atoms with van der Waals surface area (Å²) in [6.45, 7) is 3.35. The first-order valence-corrected chi connectivity index (χ1v) is 8.81. The maximum Gasteiger partial charge on any atom is 0.0480 e. The van der Waals surface area contributed by atoms with Crippen LogP contribution in [-0.4, -0.2) is 29.1 Å². The number of para-hydroxylation sites is 1. The van der Waals surface area contributed by atoms with Gasteiger partial charge in [-0.1, -0.05) is 54.6 Å². The van der Waals surface area contributed by atoms with Gasteiger partial charge in [-0.3, -0.25) is 4.90 Å². The number of rotatable bonds is 4. The Labute approximate surface area is 144 Å². The molecule has 0 N–H and O–H groups in total. The zero-order chi connectivity index (χ0) is 16.4. The van der Waals surface area contributed by atoms with Crippen molar-refractivity contribution in [3.8, 4) is 0 Å². The predicted octanol–water partition coefficient (Wildman–Crippen LogP) is 4.51. The predicted molar refractivity (Wildman–Crippen MR) is 102 cm³/mol. The van der Waals surface area contributed by atoms with Gasteiger partial charge in [-0.05, 0) is 35.6 Å². The lowest BCUT2D eigenvalue weighted by molar-refractivity contribution is 0.306. The van der Waals surface area contributed by atoms with E-state index < -0.39 is 0 Å². The van der Waals surface area contributed by atoms with Crippen molar-refractivity contribution in [1.82, 2.24) is 9.47 Å². The number of fused-ring (bicyclic) bond motifs is 1. The van der Waals surface area contributed by atoms with Crippen LogP contribution in [0.5, 0.6) is 0 Å². The Morgan fingerprint density at radius 1 is 0.958 bits per heavy atom. The van der Waals surface area contributed by atoms with Crippen LogP contribution in [0.4, 0.5) is 0 Å². The van der Waals surface area contributed by atoms with E-state index in [1.807, 2.05) is 0 Å². The van der Waals surface area contributed by atoms with E-state index >= 15 is 0 Å². The summed E-state index contributed by atoms with van der Waals surface area (Å²) in [6.07, 6.45) is 6.97. The minimum Gasteiger partial charge on any atom is -0.350 e. The van der Waals surface area contributed by atoms with Crippen LogP contribution in [0, 0.1) is 0 Å². The SMILES string of the molecule is Cn1cc(CCN2CC=C(c3ccccc3)CC2)c2ccccc21. The van der Waals surface area contributed by atoms with Gasteiger partial charge >= 0.3 is 0 Å². The molecular weight excluding hydrogens is 292 g/mol. The van der Waals surface area contributed by atoms with Gasteiger partial charge in [0.05, 0.1) is 0 Å². The Kier molecular flexibility index (Phi) is 4.22. The van der Waals surface area contributed by atoms with E-state index in [9.17, 15) is 0 Å². The third-order valence-electron chi connectivity index (χ3n) is 5.11. The van der Waals surface area contributed by atoms with Gasteiger partial charge in [-0.15, -0.1) is 0 Å². The summed E-state index contributed by atoms with van der Waals surface area (Å²) in [4.78, 5) is 2.56. The molecule has 24 heavy (non-hydrogen) atoms. The maximum atomic E-state index is 2.56. The number of aryl methyl sites for hydroxylation is 1. The highest BCUT2D eigenvalue weighted by molar-refractivity contribution is 5.83. The molecular formula is C22H24N2. The van der Waals surface area contributed by atoms with E-state index in [1.165, 1.54) is 27.6 Å². The van der Waals surface area contributed by atoms with E-state index in [-0.39, 0.29) is 0 Å². The Hall–Kier alpha value is -2.32. The minimum atomic E-state index is 1.06. The van der Waals surface area contributed by atoms with Crippen LogP contribution in [-0.2, 0) is 13.5 Å². The fourth-order valence-electron chi connectivity index (χ4n) is 3.73. The van der Waals surface area contributed by atoms with Gasteiger partial charge in [-0.2, -0.15) is 0 Å². The lowest BCUT2D eigenvalue weighted by atomic mass is 9.99. The van der Waals surface area contributed by atoms with E-state index in [0.29, 0.717) is 0 Å². The van der Waals surface area contributed by atoms with Crippen LogP contribution in [0.25, 0.3) is 16.5 Å². The molecule has 2 nitrogen and oxygen atoms in total. The van der Waals surface area contributed by atoms with Crippen LogP contribution in [0.1, 0.15) is 17.5 Å². The molecule has 0 radical (unpaired) electrons. The Balaban J connectivity index is 1.41. The molecule has 2 heteroatoms. The van der Waals surface area contributed by atoms with E-state index in [1.54, 1.807) is 0 Å². The Morgan fingerprint density at radius 3 is 2.54 bits per heavy atom. The van der Waals surface area contributed by atoms with Gasteiger partial charge in [0.15, 0.2) is 0 Å². The Bertz CT molecular complexity index is 858. The van der Waals surface area contributed by atoms with Gasteiger partial charge in [0, 0.05) is 43.8 Å². The van der Waals surface area contributed by atoms with E-state index in [4.69, 9.17) is 0 Å². The minimum absolute atomic E-state index is 1.06. The third-order valence-corrected chi connectivity index (χ3v) is 5.11. The van der Waals surface area contributed by atoms with Crippen molar-refractivity contribution < 1.29 is 0 Å². The highest BCUT2D eigenvalue weighted by atomic mass is 15.1. The zero-order valence-corrected chi connectivity index (χ0v) is 14.3. The van der Waals surface area contributed by atoms with Crippen molar-refractivity contribution in [2.45, 2.75) is 12.8 Å². The monoisotopic (exact) mass is 316 g/mol. The van der Waals surface area contributed by atoms with Gasteiger partial charge in [0.25, 0.3) is 0 Å². The molecule has 1 aliphatic rings. The van der Waals surface area contributed by atoms with Crippen molar-refractivity contribution in [3.63, 3.8) is 0 Å². The molecule has 0 saturated heterocycles. The largest absolute Gasteiger partial charge is 0.350 e. The van der Waals surface area contributed by atoms with E-state index in [0.717, 1.165) is 32.5 Å². The highest BCUT2D eigenvalue weighted by Crippen LogP contribution is 2.24. The molecule has 0 amide bonds. The second-order valence-corrected chi connectivity index (χ2v) is 6.68. The summed E-state index contributed by atoms with van der Waals surface area (Å²) >= 11 is 0. The molecule has 0 atom stereocenters. The second kappa shape index (κ2) is 6.66. The molecule has 0 fully saturated rings. The van der Waals surface area contributed by atoms with Gasteiger partial charge in [-0.25, -0.2) is 0 Å². The van der Waals surface area contributed by atoms with Crippen LogP contribution >= 0.6 is 0 Å². The normalized spacial score (nSPS) is 15.6. The topological polar surface area (TPSA) is 8.17 Å². The molecule has 1 aliphatic heterocycles. The zero-order valence-electron chi connectivity index (χ0n) is 14.3. The third kappa shape index (κ3) is 3.02. The van der Waals surface area contributed by atoms with Crippen LogP contribution in [0.15, 0.2) is 66.9 Å². The van der Waals surface area contributed by atoms with Crippen LogP contribution in [0.2, 0.25) is 0 Å². The smallest absolute Gasteiger partial charge is 0.0480 e. The fraction of sp³-hybridized carbons (Fsp3) is 0.273. The quantitative estimate of drug-likeness (QED) is 0.687. The number of benzene rings is 2. The lowest BCUT2D eigenvalue weighted by Gasteiger charge is -2.26. The number of aromatic nitrogens is 1. The average Bonchev–Trinajstić information content (AvgIpc) is 2.98. The van der Waals surface area contributed by atoms with Crippen molar-refractivity contribution in [1.29, 1.82) is 0 Å². The summed E-state index contributed by atoms with van der Waals surface area (Å²) in [5, 5.41) is 1.40. The lowest BCUT2D eigenvalue weighted by Crippen LogP contribution is -2.30. The molecule has 2 aromatic carbocycles. The Morgan fingerprint density at radius 2 is 1.75 bits per heavy atom. The molecule has 0 saturated carbocycles. The molecule has 0 spiro atoms. The van der Waals surface area contributed by atoms with Gasteiger partial charge < -0.3 is 4.57 Å². The summed E-state index contributed by atoms with van der Waals surface area (Å²) in [5.74, 6) is 0. The molecule has 0 aliphatic carbocycles. The van der Waals surface area contributed by atoms with Gasteiger partial charge in [0.2, 0.25) is 0 Å². The van der Waals surface area contributed by atoms with Crippen molar-refractivity contribution in [2.75, 3.05) is 19.6 Å². The first-order valence-electron chi connectivity index (χ1n) is 8.81. The first kappa shape index (κ1) is 15.2. The molecule has 4 rings (SSSR count). The van der Waals surface area contributed by atoms with E-state index in [2.05, 4.69) is 83.4 Å². The summed E-state index contributed by atoms with van der Waals surface area (Å²) in [7, 11) is 2.14. The number of hydrogen-bond acceptors (Lipinski definition) is 1. The number of hydrogen-bond donors (Lipinski definition) is 0. The molecule has 2 heterocycles. The summed E-state index contributed by atoms with van der Waals surface area (Å²) < 4.78 is 2.24. The molecule has 3 aromatic rings. The van der Waals surface area contributed by atoms with Crippen molar-refractivity contribution in [2.24, 2.45) is 7.05 Å². The first-order chi connectivity index (χ1) is 11.8. The summed E-state index contributed by atoms with van der Waals surface area (Å²) in [5.41, 5.74) is 5.67. The van der Waals surface area contributed by atoms with Crippen molar-refractivity contribution in [3.05, 3.63) is 78.0 Å². The van der Waals surface area contributed by atoms with Gasteiger partial charge in [0.1, 0.15) is 0 Å². The standard InChI is InChI=1S/C22H24N2/c1-23-17-20(21-9-5-6-10-22(21)23)13-16-24-14-11-19(12-15-24)18-7-3-2-4-8-18/h2-11,17H,12-16H2,1H3. The average molecular weight is 316 g/mol. The fourth-order valence-corrected chi connectivity index (χ4v) is 3.73. The van der Waals surface area contributed by atoms with Crippen molar-refractivity contribution >= 4 is 16.5 Å². The van der Waals surface area contributed by atoms with Crippen LogP contribution in [0.3, 0.4) is 0 Å². The second-order valence-electron chi connectivity index (χ2n) is 6.68. The molecule has 122 valence electrons.